The van der Waals surface area contributed by atoms with Crippen LogP contribution in [0.25, 0.3) is 0 Å². The van der Waals surface area contributed by atoms with Gasteiger partial charge < -0.3 is 24.4 Å². The van der Waals surface area contributed by atoms with Crippen LogP contribution in [0.5, 0.6) is 0 Å². The largest absolute Gasteiger partial charge is 0.466 e. The van der Waals surface area contributed by atoms with Crippen molar-refractivity contribution < 1.29 is 29.2 Å². The summed E-state index contributed by atoms with van der Waals surface area (Å²) in [4.78, 5) is 10.2. The average Bonchev–Trinajstić information content (AvgIpc) is 2.42. The lowest BCUT2D eigenvalue weighted by atomic mass is 10.5. The predicted molar refractivity (Wildman–Crippen MR) is 74.1 cm³/mol. The van der Waals surface area contributed by atoms with Gasteiger partial charge in [0, 0.05) is 19.6 Å². The van der Waals surface area contributed by atoms with E-state index in [2.05, 4.69) is 9.47 Å². The topological polar surface area (TPSA) is 85.2 Å². The summed E-state index contributed by atoms with van der Waals surface area (Å²) < 4.78 is 14.0. The first-order valence-electron chi connectivity index (χ1n) is 6.67. The van der Waals surface area contributed by atoms with Crippen LogP contribution in [0.15, 0.2) is 0 Å². The van der Waals surface area contributed by atoms with Gasteiger partial charge in [-0.2, -0.15) is 0 Å². The zero-order valence-electron chi connectivity index (χ0n) is 12.7. The summed E-state index contributed by atoms with van der Waals surface area (Å²) in [5.41, 5.74) is 0. The molecule has 0 rings (SSSR count). The minimum absolute atomic E-state index is 0.0278. The third-order valence-electron chi connectivity index (χ3n) is 1.47. The Morgan fingerprint density at radius 2 is 1.32 bits per heavy atom. The maximum Gasteiger partial charge on any atom is 0.305 e. The lowest BCUT2D eigenvalue weighted by Gasteiger charge is -1.94. The van der Waals surface area contributed by atoms with Crippen molar-refractivity contribution in [2.24, 2.45) is 0 Å². The molecular formula is C13H30O6. The van der Waals surface area contributed by atoms with Crippen LogP contribution in [0.1, 0.15) is 34.1 Å². The molecule has 0 unspecified atom stereocenters. The molecule has 118 valence electrons. The fraction of sp³-hybridized carbons (Fsp3) is 0.923. The van der Waals surface area contributed by atoms with E-state index in [1.165, 1.54) is 0 Å². The molecule has 0 saturated carbocycles. The molecule has 0 aromatic rings. The highest BCUT2D eigenvalue weighted by Gasteiger charge is 1.91. The number of ether oxygens (including phenoxy) is 3. The first kappa shape index (κ1) is 23.4. The zero-order valence-corrected chi connectivity index (χ0v) is 12.7. The first-order valence-corrected chi connectivity index (χ1v) is 6.67. The highest BCUT2D eigenvalue weighted by Crippen LogP contribution is 1.80. The molecule has 6 heteroatoms. The molecule has 0 aromatic carbocycles. The van der Waals surface area contributed by atoms with E-state index in [1.54, 1.807) is 13.8 Å². The molecule has 0 bridgehead atoms. The van der Waals surface area contributed by atoms with Crippen LogP contribution in [0.4, 0.5) is 0 Å². The summed E-state index contributed by atoms with van der Waals surface area (Å²) >= 11 is 0. The Labute approximate surface area is 116 Å². The van der Waals surface area contributed by atoms with Gasteiger partial charge in [0.2, 0.25) is 0 Å². The highest BCUT2D eigenvalue weighted by atomic mass is 16.5. The van der Waals surface area contributed by atoms with E-state index in [9.17, 15) is 4.79 Å². The van der Waals surface area contributed by atoms with Gasteiger partial charge in [0.15, 0.2) is 0 Å². The van der Waals surface area contributed by atoms with Gasteiger partial charge in [0.05, 0.1) is 33.0 Å². The Balaban J connectivity index is -0.000000206. The Morgan fingerprint density at radius 1 is 0.842 bits per heavy atom. The standard InChI is InChI=1S/C5H10O2.C4H10O3.C4H10O/c1-3-5(6)7-4-2;5-1-3-7-4-2-6;1-3-5-4-2/h3-4H2,1-2H3;5-6H,1-4H2;3-4H2,1-2H3. The van der Waals surface area contributed by atoms with Gasteiger partial charge in [-0.1, -0.05) is 6.92 Å². The molecule has 0 amide bonds. The maximum absolute atomic E-state index is 10.2. The third kappa shape index (κ3) is 38.2. The van der Waals surface area contributed by atoms with Crippen LogP contribution in [-0.2, 0) is 19.0 Å². The van der Waals surface area contributed by atoms with Crippen LogP contribution < -0.4 is 0 Å². The van der Waals surface area contributed by atoms with Crippen molar-refractivity contribution in [2.75, 3.05) is 46.2 Å². The van der Waals surface area contributed by atoms with Gasteiger partial charge in [-0.25, -0.2) is 0 Å². The van der Waals surface area contributed by atoms with Crippen LogP contribution in [-0.4, -0.2) is 62.4 Å². The Bertz CT molecular complexity index is 146. The van der Waals surface area contributed by atoms with E-state index in [-0.39, 0.29) is 19.2 Å². The van der Waals surface area contributed by atoms with Gasteiger partial charge in [0.25, 0.3) is 0 Å². The van der Waals surface area contributed by atoms with Gasteiger partial charge in [0.1, 0.15) is 0 Å². The molecule has 0 radical (unpaired) electrons. The summed E-state index contributed by atoms with van der Waals surface area (Å²) in [6, 6.07) is 0. The van der Waals surface area contributed by atoms with E-state index in [1.807, 2.05) is 13.8 Å². The van der Waals surface area contributed by atoms with Crippen molar-refractivity contribution in [2.45, 2.75) is 34.1 Å². The molecule has 0 spiro atoms. The summed E-state index contributed by atoms with van der Waals surface area (Å²) in [6.07, 6.45) is 0.480. The van der Waals surface area contributed by atoms with Crippen LogP contribution >= 0.6 is 0 Å². The minimum Gasteiger partial charge on any atom is -0.466 e. The Hall–Kier alpha value is -0.690. The molecule has 0 fully saturated rings. The normalized spacial score (nSPS) is 8.74. The number of aliphatic hydroxyl groups excluding tert-OH is 2. The lowest BCUT2D eigenvalue weighted by Crippen LogP contribution is -2.03. The van der Waals surface area contributed by atoms with Crippen molar-refractivity contribution in [1.29, 1.82) is 0 Å². The van der Waals surface area contributed by atoms with E-state index in [0.717, 1.165) is 13.2 Å². The second-order valence-electron chi connectivity index (χ2n) is 3.00. The van der Waals surface area contributed by atoms with E-state index in [0.29, 0.717) is 26.2 Å². The number of aliphatic hydroxyl groups is 2. The number of esters is 1. The summed E-state index contributed by atoms with van der Waals surface area (Å²) in [6.45, 7) is 10.4. The summed E-state index contributed by atoms with van der Waals surface area (Å²) in [7, 11) is 0. The smallest absolute Gasteiger partial charge is 0.305 e. The molecule has 0 atom stereocenters. The van der Waals surface area contributed by atoms with E-state index < -0.39 is 0 Å². The second-order valence-corrected chi connectivity index (χ2v) is 3.00. The molecule has 19 heavy (non-hydrogen) atoms. The van der Waals surface area contributed by atoms with Crippen molar-refractivity contribution in [3.8, 4) is 0 Å². The van der Waals surface area contributed by atoms with E-state index in [4.69, 9.17) is 14.9 Å². The molecule has 0 aliphatic rings. The fourth-order valence-electron chi connectivity index (χ4n) is 0.698. The van der Waals surface area contributed by atoms with Crippen molar-refractivity contribution in [3.05, 3.63) is 0 Å². The molecule has 0 aliphatic heterocycles. The van der Waals surface area contributed by atoms with Crippen molar-refractivity contribution in [1.82, 2.24) is 0 Å². The number of hydrogen-bond acceptors (Lipinski definition) is 6. The van der Waals surface area contributed by atoms with Gasteiger partial charge in [-0.3, -0.25) is 4.79 Å². The van der Waals surface area contributed by atoms with Gasteiger partial charge in [-0.15, -0.1) is 0 Å². The number of carbonyl (C=O) groups is 1. The SMILES string of the molecule is CCOC(=O)CC.CCOCC.OCCOCCO. The third-order valence-corrected chi connectivity index (χ3v) is 1.47. The van der Waals surface area contributed by atoms with Crippen molar-refractivity contribution >= 4 is 5.97 Å². The molecule has 0 saturated heterocycles. The number of carbonyl (C=O) groups excluding carboxylic acids is 1. The lowest BCUT2D eigenvalue weighted by molar-refractivity contribution is -0.142. The first-order chi connectivity index (χ1) is 9.14. The highest BCUT2D eigenvalue weighted by molar-refractivity contribution is 5.68. The fourth-order valence-corrected chi connectivity index (χ4v) is 0.698. The molecule has 0 heterocycles. The van der Waals surface area contributed by atoms with Crippen LogP contribution in [0.2, 0.25) is 0 Å². The van der Waals surface area contributed by atoms with Gasteiger partial charge >= 0.3 is 5.97 Å². The van der Waals surface area contributed by atoms with E-state index >= 15 is 0 Å². The van der Waals surface area contributed by atoms with Crippen LogP contribution in [0.3, 0.4) is 0 Å². The molecule has 6 nitrogen and oxygen atoms in total. The summed E-state index contributed by atoms with van der Waals surface area (Å²) in [5, 5.41) is 16.2. The monoisotopic (exact) mass is 282 g/mol. The summed E-state index contributed by atoms with van der Waals surface area (Å²) in [5.74, 6) is -0.123. The Kier molecular flexibility index (Phi) is 32.0. The number of hydrogen-bond donors (Lipinski definition) is 2. The Morgan fingerprint density at radius 3 is 1.47 bits per heavy atom. The average molecular weight is 282 g/mol. The second kappa shape index (κ2) is 26.0. The minimum atomic E-state index is -0.123. The maximum atomic E-state index is 10.2. The van der Waals surface area contributed by atoms with Crippen molar-refractivity contribution in [3.63, 3.8) is 0 Å². The molecular weight excluding hydrogens is 252 g/mol. The van der Waals surface area contributed by atoms with Gasteiger partial charge in [-0.05, 0) is 20.8 Å². The van der Waals surface area contributed by atoms with Crippen LogP contribution in [0, 0.1) is 0 Å². The number of rotatable bonds is 8. The molecule has 0 aliphatic carbocycles. The zero-order chi connectivity index (χ0) is 15.4. The molecule has 2 N–H and O–H groups in total. The predicted octanol–water partition coefficient (Wildman–Crippen LogP) is 0.990. The quantitative estimate of drug-likeness (QED) is 0.510. The molecule has 0 aromatic heterocycles.